The Morgan fingerprint density at radius 1 is 1.16 bits per heavy atom. The predicted octanol–water partition coefficient (Wildman–Crippen LogP) is 4.11. The summed E-state index contributed by atoms with van der Waals surface area (Å²) in [7, 11) is 0. The Labute approximate surface area is 112 Å². The van der Waals surface area contributed by atoms with E-state index in [0.29, 0.717) is 12.1 Å². The lowest BCUT2D eigenvalue weighted by atomic mass is 10.2. The molecule has 0 atom stereocenters. The molecule has 0 heterocycles. The van der Waals surface area contributed by atoms with Gasteiger partial charge in [-0.05, 0) is 24.3 Å². The monoisotopic (exact) mass is 284 g/mol. The minimum atomic E-state index is -1.43. The van der Waals surface area contributed by atoms with Gasteiger partial charge in [0.1, 0.15) is 5.75 Å². The van der Waals surface area contributed by atoms with Crippen molar-refractivity contribution in [3.63, 3.8) is 0 Å². The minimum absolute atomic E-state index is 0.0741. The second-order valence-electron chi connectivity index (χ2n) is 3.61. The van der Waals surface area contributed by atoms with E-state index in [1.807, 2.05) is 0 Å². The Morgan fingerprint density at radius 3 is 2.26 bits per heavy atom. The number of rotatable bonds is 3. The maximum atomic E-state index is 13.6. The number of benzene rings is 2. The minimum Gasteiger partial charge on any atom is -0.478 e. The Hall–Kier alpha value is -2.14. The molecule has 2 rings (SSSR count). The quantitative estimate of drug-likeness (QED) is 0.922. The number of para-hydroxylation sites is 1. The summed E-state index contributed by atoms with van der Waals surface area (Å²) in [6.45, 7) is 0. The van der Waals surface area contributed by atoms with Gasteiger partial charge in [0, 0.05) is 0 Å². The molecule has 0 aliphatic rings. The molecular weight excluding hydrogens is 278 g/mol. The van der Waals surface area contributed by atoms with Crippen LogP contribution in [0, 0.1) is 11.6 Å². The van der Waals surface area contributed by atoms with Crippen LogP contribution in [0.25, 0.3) is 0 Å². The van der Waals surface area contributed by atoms with E-state index in [2.05, 4.69) is 0 Å². The summed E-state index contributed by atoms with van der Waals surface area (Å²) in [4.78, 5) is 10.6. The van der Waals surface area contributed by atoms with E-state index in [1.54, 1.807) is 12.1 Å². The van der Waals surface area contributed by atoms with Crippen LogP contribution in [0.15, 0.2) is 36.4 Å². The van der Waals surface area contributed by atoms with Crippen LogP contribution in [0.3, 0.4) is 0 Å². The molecule has 0 saturated carbocycles. The lowest BCUT2D eigenvalue weighted by molar-refractivity contribution is 0.0695. The topological polar surface area (TPSA) is 46.5 Å². The van der Waals surface area contributed by atoms with Crippen LogP contribution in [-0.2, 0) is 0 Å². The fourth-order valence-corrected chi connectivity index (χ4v) is 1.59. The average molecular weight is 285 g/mol. The molecule has 0 aromatic heterocycles. The van der Waals surface area contributed by atoms with E-state index in [4.69, 9.17) is 21.4 Å². The first-order valence-electron chi connectivity index (χ1n) is 5.13. The average Bonchev–Trinajstić information content (AvgIpc) is 2.35. The molecule has 2 aromatic carbocycles. The largest absolute Gasteiger partial charge is 0.478 e. The first-order valence-corrected chi connectivity index (χ1v) is 5.51. The highest BCUT2D eigenvalue weighted by Gasteiger charge is 2.17. The number of carbonyl (C=O) groups is 1. The van der Waals surface area contributed by atoms with Crippen molar-refractivity contribution in [1.82, 2.24) is 0 Å². The summed E-state index contributed by atoms with van der Waals surface area (Å²) in [6.07, 6.45) is 0. The van der Waals surface area contributed by atoms with Crippen LogP contribution in [-0.4, -0.2) is 11.1 Å². The third-order valence-electron chi connectivity index (χ3n) is 2.29. The van der Waals surface area contributed by atoms with Crippen LogP contribution in [0.1, 0.15) is 10.4 Å². The summed E-state index contributed by atoms with van der Waals surface area (Å²) in [5.74, 6) is -4.28. The van der Waals surface area contributed by atoms with Gasteiger partial charge in [0.2, 0.25) is 0 Å². The van der Waals surface area contributed by atoms with Crippen molar-refractivity contribution in [2.45, 2.75) is 0 Å². The fraction of sp³-hybridized carbons (Fsp3) is 0. The predicted molar refractivity (Wildman–Crippen MR) is 64.8 cm³/mol. The molecule has 0 radical (unpaired) electrons. The number of carboxylic acid groups (broad SMARTS) is 1. The van der Waals surface area contributed by atoms with E-state index < -0.39 is 28.9 Å². The highest BCUT2D eigenvalue weighted by Crippen LogP contribution is 2.32. The second kappa shape index (κ2) is 5.24. The van der Waals surface area contributed by atoms with Crippen molar-refractivity contribution in [3.8, 4) is 11.5 Å². The van der Waals surface area contributed by atoms with Gasteiger partial charge in [-0.1, -0.05) is 23.7 Å². The number of hydrogen-bond donors (Lipinski definition) is 1. The van der Waals surface area contributed by atoms with Gasteiger partial charge in [-0.15, -0.1) is 0 Å². The number of ether oxygens (including phenoxy) is 1. The van der Waals surface area contributed by atoms with Crippen molar-refractivity contribution < 1.29 is 23.4 Å². The molecule has 0 amide bonds. The van der Waals surface area contributed by atoms with Gasteiger partial charge >= 0.3 is 5.97 Å². The van der Waals surface area contributed by atoms with Crippen molar-refractivity contribution in [3.05, 3.63) is 58.6 Å². The molecule has 3 nitrogen and oxygen atoms in total. The van der Waals surface area contributed by atoms with Gasteiger partial charge < -0.3 is 9.84 Å². The highest BCUT2D eigenvalue weighted by atomic mass is 35.5. The van der Waals surface area contributed by atoms with Crippen molar-refractivity contribution in [2.24, 2.45) is 0 Å². The zero-order valence-corrected chi connectivity index (χ0v) is 10.1. The van der Waals surface area contributed by atoms with Crippen molar-refractivity contribution in [2.75, 3.05) is 0 Å². The third kappa shape index (κ3) is 2.82. The number of halogens is 3. The SMILES string of the molecule is O=C(O)c1cc(F)c(Oc2ccccc2Cl)c(F)c1. The summed E-state index contributed by atoms with van der Waals surface area (Å²) < 4.78 is 32.3. The zero-order valence-electron chi connectivity index (χ0n) is 9.36. The number of hydrogen-bond acceptors (Lipinski definition) is 2. The van der Waals surface area contributed by atoms with Crippen molar-refractivity contribution in [1.29, 1.82) is 0 Å². The zero-order chi connectivity index (χ0) is 14.0. The van der Waals surface area contributed by atoms with Crippen molar-refractivity contribution >= 4 is 17.6 Å². The summed E-state index contributed by atoms with van der Waals surface area (Å²) in [6, 6.07) is 7.51. The molecular formula is C13H7ClF2O3. The van der Waals surface area contributed by atoms with Gasteiger partial charge in [0.15, 0.2) is 17.4 Å². The molecule has 0 bridgehead atoms. The molecule has 0 aliphatic heterocycles. The molecule has 0 unspecified atom stereocenters. The Balaban J connectivity index is 2.42. The van der Waals surface area contributed by atoms with E-state index in [1.165, 1.54) is 12.1 Å². The molecule has 2 aromatic rings. The van der Waals surface area contributed by atoms with E-state index in [9.17, 15) is 13.6 Å². The Bertz CT molecular complexity index is 621. The molecule has 0 saturated heterocycles. The van der Waals surface area contributed by atoms with Crippen LogP contribution in [0.4, 0.5) is 8.78 Å². The maximum absolute atomic E-state index is 13.6. The maximum Gasteiger partial charge on any atom is 0.335 e. The van der Waals surface area contributed by atoms with Gasteiger partial charge in [0.05, 0.1) is 10.6 Å². The third-order valence-corrected chi connectivity index (χ3v) is 2.61. The fourth-order valence-electron chi connectivity index (χ4n) is 1.42. The molecule has 0 aliphatic carbocycles. The first-order chi connectivity index (χ1) is 8.99. The second-order valence-corrected chi connectivity index (χ2v) is 4.01. The summed E-state index contributed by atoms with van der Waals surface area (Å²) in [5.41, 5.74) is -0.499. The lowest BCUT2D eigenvalue weighted by Gasteiger charge is -2.09. The molecule has 98 valence electrons. The van der Waals surface area contributed by atoms with Gasteiger partial charge in [0.25, 0.3) is 0 Å². The summed E-state index contributed by atoms with van der Waals surface area (Å²) in [5, 5.41) is 8.85. The van der Waals surface area contributed by atoms with E-state index >= 15 is 0 Å². The summed E-state index contributed by atoms with van der Waals surface area (Å²) >= 11 is 5.80. The molecule has 0 fully saturated rings. The Morgan fingerprint density at radius 2 is 1.74 bits per heavy atom. The number of aromatic carboxylic acids is 1. The lowest BCUT2D eigenvalue weighted by Crippen LogP contribution is -2.01. The number of carboxylic acids is 1. The van der Waals surface area contributed by atoms with Gasteiger partial charge in [-0.3, -0.25) is 0 Å². The first kappa shape index (κ1) is 13.3. The van der Waals surface area contributed by atoms with E-state index in [0.717, 1.165) is 0 Å². The van der Waals surface area contributed by atoms with Crippen LogP contribution in [0.5, 0.6) is 11.5 Å². The van der Waals surface area contributed by atoms with Gasteiger partial charge in [-0.25, -0.2) is 13.6 Å². The molecule has 6 heteroatoms. The normalized spacial score (nSPS) is 10.3. The smallest absolute Gasteiger partial charge is 0.335 e. The molecule has 0 spiro atoms. The van der Waals surface area contributed by atoms with Crippen LogP contribution in [0.2, 0.25) is 5.02 Å². The Kier molecular flexibility index (Phi) is 3.66. The van der Waals surface area contributed by atoms with Gasteiger partial charge in [-0.2, -0.15) is 0 Å². The van der Waals surface area contributed by atoms with E-state index in [-0.39, 0.29) is 10.8 Å². The molecule has 19 heavy (non-hydrogen) atoms. The van der Waals surface area contributed by atoms with Crippen LogP contribution >= 0.6 is 11.6 Å². The standard InChI is InChI=1S/C13H7ClF2O3/c14-8-3-1-2-4-11(8)19-12-9(15)5-7(13(17)18)6-10(12)16/h1-6H,(H,17,18). The highest BCUT2D eigenvalue weighted by molar-refractivity contribution is 6.32. The van der Waals surface area contributed by atoms with Crippen LogP contribution < -0.4 is 4.74 Å². The molecule has 1 N–H and O–H groups in total.